The Balaban J connectivity index is 1.40. The number of fused-ring (bicyclic) bond motifs is 5. The van der Waals surface area contributed by atoms with Crippen LogP contribution in [-0.4, -0.2) is 54.8 Å². The summed E-state index contributed by atoms with van der Waals surface area (Å²) in [4.78, 5) is 25.3. The van der Waals surface area contributed by atoms with E-state index in [4.69, 9.17) is 21.3 Å². The lowest BCUT2D eigenvalue weighted by atomic mass is 10.1. The molecule has 1 fully saturated rings. The van der Waals surface area contributed by atoms with Crippen LogP contribution in [0.4, 0.5) is 11.5 Å². The minimum absolute atomic E-state index is 0.0232. The number of hydrogen-bond donors (Lipinski definition) is 2. The zero-order valence-corrected chi connectivity index (χ0v) is 21.2. The van der Waals surface area contributed by atoms with Crippen molar-refractivity contribution in [2.24, 2.45) is 0 Å². The van der Waals surface area contributed by atoms with E-state index in [0.29, 0.717) is 17.8 Å². The first-order valence-electron chi connectivity index (χ1n) is 11.9. The second-order valence-corrected chi connectivity index (χ2v) is 10.7. The monoisotopic (exact) mass is 507 g/mol. The summed E-state index contributed by atoms with van der Waals surface area (Å²) < 4.78 is 6.57. The molecular formula is C26H26ClN5O2S. The molecule has 0 aliphatic carbocycles. The first kappa shape index (κ1) is 22.5. The molecule has 9 heteroatoms. The minimum atomic E-state index is -0.0232. The number of nitrogens with zero attached hydrogens (tertiary/aromatic N) is 3. The van der Waals surface area contributed by atoms with Crippen LogP contribution in [0.2, 0.25) is 5.15 Å². The topological polar surface area (TPSA) is 79.4 Å². The van der Waals surface area contributed by atoms with Gasteiger partial charge in [0.15, 0.2) is 0 Å². The lowest BCUT2D eigenvalue weighted by Gasteiger charge is -2.32. The van der Waals surface area contributed by atoms with Crippen molar-refractivity contribution in [1.29, 1.82) is 0 Å². The van der Waals surface area contributed by atoms with Crippen LogP contribution < -0.4 is 15.5 Å². The SMILES string of the molecule is COC1CCN(c2cc(-c3ccc4c(ccc5sc6c(c54)NC[C@@H](C)NC6=O)n3)cc(Cl)n2)CC1. The highest BCUT2D eigenvalue weighted by atomic mass is 35.5. The summed E-state index contributed by atoms with van der Waals surface area (Å²) in [6.07, 6.45) is 2.25. The summed E-state index contributed by atoms with van der Waals surface area (Å²) in [6.45, 7) is 4.46. The van der Waals surface area contributed by atoms with Crippen molar-refractivity contribution in [2.75, 3.05) is 37.0 Å². The van der Waals surface area contributed by atoms with E-state index in [1.165, 1.54) is 11.3 Å². The molecule has 5 heterocycles. The van der Waals surface area contributed by atoms with Gasteiger partial charge in [-0.25, -0.2) is 9.97 Å². The van der Waals surface area contributed by atoms with Crippen molar-refractivity contribution in [3.63, 3.8) is 0 Å². The van der Waals surface area contributed by atoms with Crippen molar-refractivity contribution < 1.29 is 9.53 Å². The maximum absolute atomic E-state index is 12.7. The highest BCUT2D eigenvalue weighted by molar-refractivity contribution is 7.21. The lowest BCUT2D eigenvalue weighted by Crippen LogP contribution is -2.37. The predicted molar refractivity (Wildman–Crippen MR) is 143 cm³/mol. The molecule has 0 radical (unpaired) electrons. The van der Waals surface area contributed by atoms with Crippen LogP contribution in [-0.2, 0) is 4.74 Å². The second kappa shape index (κ2) is 8.93. The number of hydrogen-bond acceptors (Lipinski definition) is 7. The molecule has 1 aromatic carbocycles. The Morgan fingerprint density at radius 3 is 2.77 bits per heavy atom. The van der Waals surface area contributed by atoms with Crippen LogP contribution in [0.3, 0.4) is 0 Å². The molecule has 180 valence electrons. The van der Waals surface area contributed by atoms with Crippen LogP contribution >= 0.6 is 22.9 Å². The van der Waals surface area contributed by atoms with Crippen molar-refractivity contribution in [1.82, 2.24) is 15.3 Å². The number of amides is 1. The summed E-state index contributed by atoms with van der Waals surface area (Å²) >= 11 is 7.96. The number of carbonyl (C=O) groups excluding carboxylic acids is 1. The fourth-order valence-electron chi connectivity index (χ4n) is 5.00. The van der Waals surface area contributed by atoms with E-state index in [9.17, 15) is 4.79 Å². The molecule has 0 bridgehead atoms. The average Bonchev–Trinajstić information content (AvgIpc) is 3.19. The predicted octanol–water partition coefficient (Wildman–Crippen LogP) is 5.32. The Morgan fingerprint density at radius 1 is 1.14 bits per heavy atom. The molecule has 0 unspecified atom stereocenters. The van der Waals surface area contributed by atoms with E-state index in [2.05, 4.69) is 38.7 Å². The fraction of sp³-hybridized carbons (Fsp3) is 0.346. The second-order valence-electron chi connectivity index (χ2n) is 9.22. The van der Waals surface area contributed by atoms with Gasteiger partial charge < -0.3 is 20.3 Å². The smallest absolute Gasteiger partial charge is 0.263 e. The highest BCUT2D eigenvalue weighted by Gasteiger charge is 2.25. The maximum Gasteiger partial charge on any atom is 0.263 e. The van der Waals surface area contributed by atoms with E-state index in [1.54, 1.807) is 7.11 Å². The van der Waals surface area contributed by atoms with Gasteiger partial charge in [-0.1, -0.05) is 11.6 Å². The zero-order valence-electron chi connectivity index (χ0n) is 19.6. The summed E-state index contributed by atoms with van der Waals surface area (Å²) in [6, 6.07) is 12.2. The molecule has 2 N–H and O–H groups in total. The third-order valence-electron chi connectivity index (χ3n) is 6.87. The largest absolute Gasteiger partial charge is 0.381 e. The quantitative estimate of drug-likeness (QED) is 0.365. The Bertz CT molecular complexity index is 1450. The van der Waals surface area contributed by atoms with Crippen LogP contribution in [0, 0.1) is 0 Å². The highest BCUT2D eigenvalue weighted by Crippen LogP contribution is 2.41. The van der Waals surface area contributed by atoms with Crippen molar-refractivity contribution >= 4 is 61.3 Å². The van der Waals surface area contributed by atoms with Crippen molar-refractivity contribution in [3.8, 4) is 11.3 Å². The number of piperidine rings is 1. The lowest BCUT2D eigenvalue weighted by molar-refractivity contribution is 0.0818. The molecule has 2 aliphatic heterocycles. The van der Waals surface area contributed by atoms with Crippen LogP contribution in [0.15, 0.2) is 36.4 Å². The number of anilines is 2. The number of benzene rings is 1. The normalized spacial score (nSPS) is 18.9. The van der Waals surface area contributed by atoms with Crippen molar-refractivity contribution in [2.45, 2.75) is 31.9 Å². The van der Waals surface area contributed by atoms with E-state index < -0.39 is 0 Å². The molecule has 2 aliphatic rings. The number of halogens is 1. The van der Waals surface area contributed by atoms with E-state index in [1.807, 2.05) is 25.1 Å². The number of methoxy groups -OCH3 is 1. The third kappa shape index (κ3) is 4.09. The van der Waals surface area contributed by atoms with Crippen LogP contribution in [0.5, 0.6) is 0 Å². The number of rotatable bonds is 3. The summed E-state index contributed by atoms with van der Waals surface area (Å²) in [7, 11) is 1.77. The van der Waals surface area contributed by atoms with Gasteiger partial charge in [-0.15, -0.1) is 11.3 Å². The molecule has 3 aromatic heterocycles. The number of carbonyl (C=O) groups is 1. The van der Waals surface area contributed by atoms with Crippen molar-refractivity contribution in [3.05, 3.63) is 46.4 Å². The molecule has 7 nitrogen and oxygen atoms in total. The van der Waals surface area contributed by atoms with Gasteiger partial charge in [0.05, 0.1) is 23.0 Å². The molecule has 0 saturated carbocycles. The number of ether oxygens (including phenoxy) is 1. The van der Waals surface area contributed by atoms with Crippen LogP contribution in [0.1, 0.15) is 29.4 Å². The third-order valence-corrected chi connectivity index (χ3v) is 8.21. The number of aromatic nitrogens is 2. The Hall–Kier alpha value is -2.94. The standard InChI is InChI=1S/C26H26ClN5O2S/c1-14-13-28-24-23-17-3-4-18(30-19(17)5-6-20(23)35-25(24)26(33)29-14)15-11-21(27)31-22(12-15)32-9-7-16(34-2)8-10-32/h3-6,11-12,14,16,28H,7-10,13H2,1-2H3,(H,29,33)/t14-/m1/s1. The van der Waals surface area contributed by atoms with E-state index >= 15 is 0 Å². The molecule has 1 saturated heterocycles. The van der Waals surface area contributed by atoms with Gasteiger partial charge in [0.1, 0.15) is 15.8 Å². The minimum Gasteiger partial charge on any atom is -0.381 e. The van der Waals surface area contributed by atoms with Gasteiger partial charge >= 0.3 is 0 Å². The molecule has 6 rings (SSSR count). The molecule has 35 heavy (non-hydrogen) atoms. The number of nitrogens with one attached hydrogen (secondary N) is 2. The molecule has 1 amide bonds. The van der Waals surface area contributed by atoms with Gasteiger partial charge in [-0.2, -0.15) is 0 Å². The van der Waals surface area contributed by atoms with Gasteiger partial charge in [0, 0.05) is 53.8 Å². The molecule has 1 atom stereocenters. The number of pyridine rings is 2. The molecule has 0 spiro atoms. The maximum atomic E-state index is 12.7. The summed E-state index contributed by atoms with van der Waals surface area (Å²) in [5.74, 6) is 0.844. The Labute approximate surface area is 212 Å². The van der Waals surface area contributed by atoms with Gasteiger partial charge in [-0.05, 0) is 56.2 Å². The first-order valence-corrected chi connectivity index (χ1v) is 13.1. The fourth-order valence-corrected chi connectivity index (χ4v) is 6.30. The Morgan fingerprint density at radius 2 is 1.97 bits per heavy atom. The van der Waals surface area contributed by atoms with Crippen LogP contribution in [0.25, 0.3) is 32.2 Å². The summed E-state index contributed by atoms with van der Waals surface area (Å²) in [5.41, 5.74) is 3.56. The molecular weight excluding hydrogens is 482 g/mol. The zero-order chi connectivity index (χ0) is 24.1. The van der Waals surface area contributed by atoms with E-state index in [0.717, 1.165) is 74.6 Å². The van der Waals surface area contributed by atoms with E-state index in [-0.39, 0.29) is 11.9 Å². The van der Waals surface area contributed by atoms with Gasteiger partial charge in [0.25, 0.3) is 5.91 Å². The first-order chi connectivity index (χ1) is 17.0. The summed E-state index contributed by atoms with van der Waals surface area (Å²) in [5, 5.41) is 9.07. The van der Waals surface area contributed by atoms with Gasteiger partial charge in [0.2, 0.25) is 0 Å². The number of thiophene rings is 1. The average molecular weight is 508 g/mol. The molecule has 4 aromatic rings. The Kier molecular flexibility index (Phi) is 5.75. The van der Waals surface area contributed by atoms with Gasteiger partial charge in [-0.3, -0.25) is 4.79 Å².